The van der Waals surface area contributed by atoms with Crippen molar-refractivity contribution in [2.24, 2.45) is 0 Å². The summed E-state index contributed by atoms with van der Waals surface area (Å²) in [5.74, 6) is -11.2. The van der Waals surface area contributed by atoms with Crippen molar-refractivity contribution in [1.29, 1.82) is 0 Å². The summed E-state index contributed by atoms with van der Waals surface area (Å²) in [5, 5.41) is 0. The Hall–Kier alpha value is -4.08. The van der Waals surface area contributed by atoms with Crippen molar-refractivity contribution in [2.45, 2.75) is 12.8 Å². The number of hydrogen-bond acceptors (Lipinski definition) is 0. The molecule has 4 rings (SSSR count). The monoisotopic (exact) mass is 540 g/mol. The number of benzene rings is 4. The maximum absolute atomic E-state index is 14.7. The minimum atomic E-state index is -2.51. The maximum Gasteiger partial charge on any atom is 0.306 e. The van der Waals surface area contributed by atoms with Crippen LogP contribution in [0.1, 0.15) is 16.7 Å². The Morgan fingerprint density at radius 1 is 0.500 bits per heavy atom. The van der Waals surface area contributed by atoms with Gasteiger partial charge >= 0.3 is 6.08 Å². The van der Waals surface area contributed by atoms with Gasteiger partial charge in [-0.2, -0.15) is 8.78 Å². The van der Waals surface area contributed by atoms with Crippen LogP contribution in [0.4, 0.5) is 43.9 Å². The van der Waals surface area contributed by atoms with Gasteiger partial charge in [0.1, 0.15) is 23.3 Å². The van der Waals surface area contributed by atoms with Crippen molar-refractivity contribution < 1.29 is 43.9 Å². The van der Waals surface area contributed by atoms with Crippen molar-refractivity contribution in [2.75, 3.05) is 0 Å². The van der Waals surface area contributed by atoms with Gasteiger partial charge in [-0.25, -0.2) is 35.1 Å². The van der Waals surface area contributed by atoms with E-state index in [1.54, 1.807) is 0 Å². The van der Waals surface area contributed by atoms with Gasteiger partial charge in [0.05, 0.1) is 5.56 Å². The average molecular weight is 540 g/mol. The van der Waals surface area contributed by atoms with Crippen LogP contribution in [0, 0.1) is 40.7 Å². The Morgan fingerprint density at radius 3 is 1.50 bits per heavy atom. The van der Waals surface area contributed by atoms with E-state index < -0.39 is 74.9 Å². The third-order valence-corrected chi connectivity index (χ3v) is 5.82. The van der Waals surface area contributed by atoms with E-state index in [9.17, 15) is 43.9 Å². The fraction of sp³-hybridized carbons (Fsp3) is 0.0714. The third-order valence-electron chi connectivity index (χ3n) is 5.82. The molecule has 0 heterocycles. The fourth-order valence-electron chi connectivity index (χ4n) is 3.94. The molecule has 0 amide bonds. The molecule has 0 N–H and O–H groups in total. The lowest BCUT2D eigenvalue weighted by atomic mass is 9.96. The molecule has 0 aliphatic carbocycles. The van der Waals surface area contributed by atoms with Gasteiger partial charge in [-0.3, -0.25) is 0 Å². The normalized spacial score (nSPS) is 11.1. The van der Waals surface area contributed by atoms with E-state index in [0.717, 1.165) is 36.4 Å². The molecule has 0 aliphatic heterocycles. The molecule has 4 aromatic carbocycles. The molecule has 0 unspecified atom stereocenters. The van der Waals surface area contributed by atoms with Crippen LogP contribution in [0.2, 0.25) is 0 Å². The summed E-state index contributed by atoms with van der Waals surface area (Å²) < 4.78 is 137. The molecule has 0 bridgehead atoms. The molecular weight excluding hydrogens is 526 g/mol. The summed E-state index contributed by atoms with van der Waals surface area (Å²) in [6, 6.07) is 8.93. The van der Waals surface area contributed by atoms with Gasteiger partial charge < -0.3 is 0 Å². The van der Waals surface area contributed by atoms with Crippen LogP contribution >= 0.6 is 0 Å². The van der Waals surface area contributed by atoms with E-state index in [2.05, 4.69) is 0 Å². The van der Waals surface area contributed by atoms with Gasteiger partial charge in [-0.1, -0.05) is 24.3 Å². The summed E-state index contributed by atoms with van der Waals surface area (Å²) >= 11 is 0. The molecule has 0 saturated carbocycles. The minimum Gasteiger partial charge on any atom is -0.207 e. The third kappa shape index (κ3) is 5.44. The first-order valence-electron chi connectivity index (χ1n) is 10.9. The molecular formula is C28H14F10. The Labute approximate surface area is 209 Å². The summed E-state index contributed by atoms with van der Waals surface area (Å²) in [7, 11) is 0. The molecule has 0 radical (unpaired) electrons. The zero-order chi connectivity index (χ0) is 27.7. The van der Waals surface area contributed by atoms with Crippen molar-refractivity contribution in [3.05, 3.63) is 124 Å². The number of halogens is 10. The fourth-order valence-corrected chi connectivity index (χ4v) is 3.94. The van der Waals surface area contributed by atoms with Crippen LogP contribution in [0.25, 0.3) is 28.1 Å². The molecule has 0 atom stereocenters. The van der Waals surface area contributed by atoms with Gasteiger partial charge in [-0.15, -0.1) is 0 Å². The predicted octanol–water partition coefficient (Wildman–Crippen LogP) is 9.31. The largest absolute Gasteiger partial charge is 0.306 e. The molecule has 38 heavy (non-hydrogen) atoms. The van der Waals surface area contributed by atoms with Crippen LogP contribution in [0.15, 0.2) is 66.7 Å². The van der Waals surface area contributed by atoms with Crippen molar-refractivity contribution in [3.8, 4) is 22.3 Å². The van der Waals surface area contributed by atoms with Crippen molar-refractivity contribution in [1.82, 2.24) is 0 Å². The Kier molecular flexibility index (Phi) is 7.61. The molecule has 0 saturated heterocycles. The van der Waals surface area contributed by atoms with Gasteiger partial charge in [0.2, 0.25) is 0 Å². The first-order valence-corrected chi connectivity index (χ1v) is 10.9. The maximum atomic E-state index is 14.7. The Bertz CT molecular complexity index is 1480. The zero-order valence-corrected chi connectivity index (χ0v) is 19.0. The highest BCUT2D eigenvalue weighted by atomic mass is 19.3. The second-order valence-corrected chi connectivity index (χ2v) is 8.26. The van der Waals surface area contributed by atoms with Gasteiger partial charge in [0.25, 0.3) is 0 Å². The van der Waals surface area contributed by atoms with Crippen molar-refractivity contribution >= 4 is 5.83 Å². The number of aryl methyl sites for hydroxylation is 1. The molecule has 196 valence electrons. The molecule has 0 nitrogen and oxygen atoms in total. The topological polar surface area (TPSA) is 0 Å². The molecule has 0 fully saturated rings. The Morgan fingerprint density at radius 2 is 1.00 bits per heavy atom. The lowest BCUT2D eigenvalue weighted by molar-refractivity contribution is 0.410. The highest BCUT2D eigenvalue weighted by Gasteiger charge is 2.19. The predicted molar refractivity (Wildman–Crippen MR) is 121 cm³/mol. The van der Waals surface area contributed by atoms with E-state index in [0.29, 0.717) is 12.1 Å². The highest BCUT2D eigenvalue weighted by Crippen LogP contribution is 2.31. The second kappa shape index (κ2) is 10.7. The van der Waals surface area contributed by atoms with Gasteiger partial charge in [0.15, 0.2) is 23.3 Å². The smallest absolute Gasteiger partial charge is 0.207 e. The minimum absolute atomic E-state index is 0.0135. The van der Waals surface area contributed by atoms with Gasteiger partial charge in [-0.05, 0) is 71.5 Å². The van der Waals surface area contributed by atoms with E-state index in [1.165, 1.54) is 12.1 Å². The Balaban J connectivity index is 1.55. The number of hydrogen-bond donors (Lipinski definition) is 0. The standard InChI is InChI=1S/C28H14F10/c29-19-9-16(14-2-4-15(5-3-14)26(35)28(37)38)10-20(30)18(19)6-1-13-7-21(31)25(22(32)8-13)17-11-23(33)27(36)24(34)12-17/h2-5,7-12H,1,6H2. The molecule has 0 aromatic heterocycles. The number of rotatable bonds is 6. The quantitative estimate of drug-likeness (QED) is 0.169. The summed E-state index contributed by atoms with van der Waals surface area (Å²) in [6.07, 6.45) is -3.05. The molecule has 10 heteroatoms. The summed E-state index contributed by atoms with van der Waals surface area (Å²) in [6.45, 7) is 0. The van der Waals surface area contributed by atoms with E-state index in [4.69, 9.17) is 0 Å². The first kappa shape index (κ1) is 27.0. The van der Waals surface area contributed by atoms with Crippen LogP contribution < -0.4 is 0 Å². The zero-order valence-electron chi connectivity index (χ0n) is 19.0. The highest BCUT2D eigenvalue weighted by molar-refractivity contribution is 5.69. The SMILES string of the molecule is FC(F)=C(F)c1ccc(-c2cc(F)c(CCc3cc(F)c(-c4cc(F)c(F)c(F)c4)c(F)c3)c(F)c2)cc1. The van der Waals surface area contributed by atoms with Crippen LogP contribution in [-0.4, -0.2) is 0 Å². The lowest BCUT2D eigenvalue weighted by Crippen LogP contribution is -2.02. The summed E-state index contributed by atoms with van der Waals surface area (Å²) in [5.41, 5.74) is -1.93. The van der Waals surface area contributed by atoms with Crippen LogP contribution in [-0.2, 0) is 12.8 Å². The second-order valence-electron chi connectivity index (χ2n) is 8.26. The molecule has 0 spiro atoms. The molecule has 0 aliphatic rings. The van der Waals surface area contributed by atoms with Crippen LogP contribution in [0.5, 0.6) is 0 Å². The van der Waals surface area contributed by atoms with Crippen LogP contribution in [0.3, 0.4) is 0 Å². The van der Waals surface area contributed by atoms with E-state index >= 15 is 0 Å². The first-order chi connectivity index (χ1) is 18.0. The average Bonchev–Trinajstić information content (AvgIpc) is 2.85. The summed E-state index contributed by atoms with van der Waals surface area (Å²) in [4.78, 5) is 0. The van der Waals surface area contributed by atoms with Crippen molar-refractivity contribution in [3.63, 3.8) is 0 Å². The van der Waals surface area contributed by atoms with E-state index in [1.807, 2.05) is 0 Å². The molecule has 4 aromatic rings. The van der Waals surface area contributed by atoms with E-state index in [-0.39, 0.29) is 29.5 Å². The lowest BCUT2D eigenvalue weighted by Gasteiger charge is -2.11. The van der Waals surface area contributed by atoms with Gasteiger partial charge in [0, 0.05) is 11.1 Å².